The number of carbonyl (C=O) groups excluding carboxylic acids is 1. The fourth-order valence-corrected chi connectivity index (χ4v) is 4.41. The number of anilines is 1. The second-order valence-corrected chi connectivity index (χ2v) is 7.73. The molecule has 0 bridgehead atoms. The van der Waals surface area contributed by atoms with Crippen molar-refractivity contribution in [1.82, 2.24) is 9.29 Å². The zero-order valence-electron chi connectivity index (χ0n) is 14.4. The van der Waals surface area contributed by atoms with Crippen LogP contribution in [0.15, 0.2) is 18.5 Å². The van der Waals surface area contributed by atoms with E-state index in [9.17, 15) is 13.2 Å². The number of hydrogen-bond donors (Lipinski definition) is 0. The van der Waals surface area contributed by atoms with Crippen LogP contribution in [0.25, 0.3) is 0 Å². The average molecular weight is 355 g/mol. The Kier molecular flexibility index (Phi) is 6.17. The minimum atomic E-state index is -3.19. The number of sulfonamides is 1. The third-order valence-corrected chi connectivity index (χ3v) is 5.65. The molecule has 0 unspecified atom stereocenters. The van der Waals surface area contributed by atoms with Crippen molar-refractivity contribution >= 4 is 21.7 Å². The molecule has 1 aliphatic heterocycles. The number of nitrogens with zero attached hydrogens (tertiary/aromatic N) is 3. The summed E-state index contributed by atoms with van der Waals surface area (Å²) in [6.07, 6.45) is 5.88. The number of ether oxygens (including phenoxy) is 1. The van der Waals surface area contributed by atoms with Crippen LogP contribution in [-0.4, -0.2) is 62.2 Å². The monoisotopic (exact) mass is 355 g/mol. The van der Waals surface area contributed by atoms with Gasteiger partial charge < -0.3 is 9.64 Å². The third-order valence-electron chi connectivity index (χ3n) is 4.24. The fraction of sp³-hybridized carbons (Fsp3) is 0.625. The molecule has 1 aromatic heterocycles. The Labute approximate surface area is 143 Å². The molecule has 134 valence electrons. The summed E-state index contributed by atoms with van der Waals surface area (Å²) in [5, 5.41) is 0. The van der Waals surface area contributed by atoms with Crippen molar-refractivity contribution in [2.45, 2.75) is 32.7 Å². The van der Waals surface area contributed by atoms with Crippen LogP contribution in [0.1, 0.15) is 37.0 Å². The topological polar surface area (TPSA) is 79.8 Å². The Hall–Kier alpha value is -1.67. The van der Waals surface area contributed by atoms with E-state index in [0.717, 1.165) is 18.5 Å². The molecule has 7 nitrogen and oxygen atoms in total. The van der Waals surface area contributed by atoms with Gasteiger partial charge in [0.1, 0.15) is 5.56 Å². The number of carbonyl (C=O) groups is 1. The van der Waals surface area contributed by atoms with Gasteiger partial charge in [0.05, 0.1) is 18.6 Å². The molecule has 2 rings (SSSR count). The first kappa shape index (κ1) is 18.7. The van der Waals surface area contributed by atoms with Gasteiger partial charge in [0, 0.05) is 38.1 Å². The minimum Gasteiger partial charge on any atom is -0.462 e. The molecule has 1 saturated heterocycles. The van der Waals surface area contributed by atoms with Crippen LogP contribution in [-0.2, 0) is 14.8 Å². The van der Waals surface area contributed by atoms with Crippen LogP contribution in [0.3, 0.4) is 0 Å². The highest BCUT2D eigenvalue weighted by atomic mass is 32.2. The molecule has 24 heavy (non-hydrogen) atoms. The summed E-state index contributed by atoms with van der Waals surface area (Å²) in [6.45, 7) is 5.79. The van der Waals surface area contributed by atoms with Crippen molar-refractivity contribution in [2.24, 2.45) is 0 Å². The molecule has 0 spiro atoms. The van der Waals surface area contributed by atoms with Crippen molar-refractivity contribution in [3.63, 3.8) is 0 Å². The SMILES string of the molecule is CCOC(=O)c1cnccc1N1CCC(N(CC)S(C)(=O)=O)CC1. The molecule has 1 aliphatic rings. The Morgan fingerprint density at radius 2 is 2.04 bits per heavy atom. The molecule has 0 saturated carbocycles. The number of aromatic nitrogens is 1. The molecule has 0 amide bonds. The first-order valence-electron chi connectivity index (χ1n) is 8.21. The van der Waals surface area contributed by atoms with Gasteiger partial charge in [0.2, 0.25) is 10.0 Å². The van der Waals surface area contributed by atoms with Crippen LogP contribution >= 0.6 is 0 Å². The van der Waals surface area contributed by atoms with E-state index >= 15 is 0 Å². The van der Waals surface area contributed by atoms with Gasteiger partial charge in [-0.05, 0) is 25.8 Å². The molecule has 1 fully saturated rings. The highest BCUT2D eigenvalue weighted by Gasteiger charge is 2.30. The maximum Gasteiger partial charge on any atom is 0.341 e. The molecule has 0 radical (unpaired) electrons. The number of rotatable bonds is 6. The Bertz CT molecular complexity index is 670. The lowest BCUT2D eigenvalue weighted by molar-refractivity contribution is 0.0526. The predicted octanol–water partition coefficient (Wildman–Crippen LogP) is 1.51. The second kappa shape index (κ2) is 7.94. The zero-order chi connectivity index (χ0) is 17.7. The van der Waals surface area contributed by atoms with Crippen molar-refractivity contribution in [1.29, 1.82) is 0 Å². The largest absolute Gasteiger partial charge is 0.462 e. The molecular formula is C16H25N3O4S. The van der Waals surface area contributed by atoms with Crippen LogP contribution in [0.4, 0.5) is 5.69 Å². The van der Waals surface area contributed by atoms with Crippen LogP contribution in [0.2, 0.25) is 0 Å². The van der Waals surface area contributed by atoms with Gasteiger partial charge in [0.25, 0.3) is 0 Å². The summed E-state index contributed by atoms with van der Waals surface area (Å²) < 4.78 is 30.4. The number of esters is 1. The molecule has 8 heteroatoms. The molecule has 0 N–H and O–H groups in total. The van der Waals surface area contributed by atoms with Gasteiger partial charge in [-0.15, -0.1) is 0 Å². The van der Waals surface area contributed by atoms with E-state index in [1.165, 1.54) is 12.5 Å². The lowest BCUT2D eigenvalue weighted by atomic mass is 10.0. The predicted molar refractivity (Wildman–Crippen MR) is 92.7 cm³/mol. The third kappa shape index (κ3) is 4.24. The first-order valence-corrected chi connectivity index (χ1v) is 10.1. The average Bonchev–Trinajstić information content (AvgIpc) is 2.55. The molecule has 2 heterocycles. The van der Waals surface area contributed by atoms with E-state index in [1.54, 1.807) is 23.5 Å². The maximum atomic E-state index is 12.1. The Morgan fingerprint density at radius 3 is 2.58 bits per heavy atom. The molecule has 0 aromatic carbocycles. The fourth-order valence-electron chi connectivity index (χ4n) is 3.19. The summed E-state index contributed by atoms with van der Waals surface area (Å²) in [4.78, 5) is 18.2. The van der Waals surface area contributed by atoms with Crippen LogP contribution in [0.5, 0.6) is 0 Å². The van der Waals surface area contributed by atoms with Crippen molar-refractivity contribution in [2.75, 3.05) is 37.4 Å². The van der Waals surface area contributed by atoms with Crippen molar-refractivity contribution < 1.29 is 17.9 Å². The summed E-state index contributed by atoms with van der Waals surface area (Å²) in [5.74, 6) is -0.381. The van der Waals surface area contributed by atoms with E-state index in [2.05, 4.69) is 9.88 Å². The number of hydrogen-bond acceptors (Lipinski definition) is 6. The smallest absolute Gasteiger partial charge is 0.341 e. The lowest BCUT2D eigenvalue weighted by Crippen LogP contribution is -2.47. The maximum absolute atomic E-state index is 12.1. The van der Waals surface area contributed by atoms with Gasteiger partial charge in [-0.2, -0.15) is 4.31 Å². The molecular weight excluding hydrogens is 330 g/mol. The van der Waals surface area contributed by atoms with Crippen LogP contribution in [0, 0.1) is 0 Å². The number of piperidine rings is 1. The summed E-state index contributed by atoms with van der Waals surface area (Å²) in [6, 6.07) is 1.81. The Balaban J connectivity index is 2.12. The van der Waals surface area contributed by atoms with E-state index in [0.29, 0.717) is 31.8 Å². The minimum absolute atomic E-state index is 0.00845. The van der Waals surface area contributed by atoms with E-state index in [4.69, 9.17) is 4.74 Å². The quantitative estimate of drug-likeness (QED) is 0.720. The molecule has 0 aliphatic carbocycles. The van der Waals surface area contributed by atoms with Gasteiger partial charge in [-0.25, -0.2) is 13.2 Å². The van der Waals surface area contributed by atoms with Gasteiger partial charge in [-0.3, -0.25) is 4.98 Å². The highest BCUT2D eigenvalue weighted by Crippen LogP contribution is 2.26. The zero-order valence-corrected chi connectivity index (χ0v) is 15.3. The lowest BCUT2D eigenvalue weighted by Gasteiger charge is -2.38. The standard InChI is InChI=1S/C16H25N3O4S/c1-4-19(24(3,21)22)13-7-10-18(11-8-13)15-6-9-17-12-14(15)16(20)23-5-2/h6,9,12-13H,4-5,7-8,10-11H2,1-3H3. The summed E-state index contributed by atoms with van der Waals surface area (Å²) in [7, 11) is -3.19. The van der Waals surface area contributed by atoms with Gasteiger partial charge >= 0.3 is 5.97 Å². The van der Waals surface area contributed by atoms with E-state index in [-0.39, 0.29) is 12.0 Å². The normalized spacial score (nSPS) is 16.4. The van der Waals surface area contributed by atoms with Gasteiger partial charge in [-0.1, -0.05) is 6.92 Å². The van der Waals surface area contributed by atoms with E-state index < -0.39 is 10.0 Å². The first-order chi connectivity index (χ1) is 11.4. The summed E-state index contributed by atoms with van der Waals surface area (Å²) in [5.41, 5.74) is 1.25. The van der Waals surface area contributed by atoms with Crippen LogP contribution < -0.4 is 4.90 Å². The summed E-state index contributed by atoms with van der Waals surface area (Å²) >= 11 is 0. The molecule has 1 aromatic rings. The highest BCUT2D eigenvalue weighted by molar-refractivity contribution is 7.88. The number of pyridine rings is 1. The van der Waals surface area contributed by atoms with Crippen molar-refractivity contribution in [3.8, 4) is 0 Å². The van der Waals surface area contributed by atoms with Gasteiger partial charge in [0.15, 0.2) is 0 Å². The second-order valence-electron chi connectivity index (χ2n) is 5.80. The molecule has 0 atom stereocenters. The van der Waals surface area contributed by atoms with Crippen molar-refractivity contribution in [3.05, 3.63) is 24.0 Å². The van der Waals surface area contributed by atoms with E-state index in [1.807, 2.05) is 6.92 Å². The Morgan fingerprint density at radius 1 is 1.38 bits per heavy atom.